The third-order valence-electron chi connectivity index (χ3n) is 3.98. The number of hydrogen-bond donors (Lipinski definition) is 2. The predicted molar refractivity (Wildman–Crippen MR) is 67.1 cm³/mol. The molecule has 0 heterocycles. The summed E-state index contributed by atoms with van der Waals surface area (Å²) in [5, 5.41) is 12.4. The fourth-order valence-corrected chi connectivity index (χ4v) is 2.70. The number of carboxylic acids is 1. The maximum Gasteiger partial charge on any atom is 0.322 e. The first-order valence-corrected chi connectivity index (χ1v) is 6.86. The lowest BCUT2D eigenvalue weighted by Gasteiger charge is -2.33. The molecule has 4 heteroatoms. The maximum atomic E-state index is 11.2. The SMILES string of the molecule is CN(CC(NC1CC1)C(=O)O)C1CCCCC1. The third kappa shape index (κ3) is 3.96. The monoisotopic (exact) mass is 240 g/mol. The first-order chi connectivity index (χ1) is 8.16. The van der Waals surface area contributed by atoms with Gasteiger partial charge in [0.1, 0.15) is 6.04 Å². The molecule has 2 aliphatic carbocycles. The third-order valence-corrected chi connectivity index (χ3v) is 3.98. The predicted octanol–water partition coefficient (Wildman–Crippen LogP) is 1.46. The average molecular weight is 240 g/mol. The van der Waals surface area contributed by atoms with E-state index in [1.165, 1.54) is 32.1 Å². The highest BCUT2D eigenvalue weighted by atomic mass is 16.4. The van der Waals surface area contributed by atoms with Gasteiger partial charge in [-0.1, -0.05) is 19.3 Å². The average Bonchev–Trinajstić information content (AvgIpc) is 3.13. The molecule has 2 N–H and O–H groups in total. The summed E-state index contributed by atoms with van der Waals surface area (Å²) in [5.41, 5.74) is 0. The van der Waals surface area contributed by atoms with Crippen molar-refractivity contribution in [1.82, 2.24) is 10.2 Å². The lowest BCUT2D eigenvalue weighted by atomic mass is 9.94. The quantitative estimate of drug-likeness (QED) is 0.738. The van der Waals surface area contributed by atoms with Crippen LogP contribution >= 0.6 is 0 Å². The summed E-state index contributed by atoms with van der Waals surface area (Å²) < 4.78 is 0. The highest BCUT2D eigenvalue weighted by Gasteiger charge is 2.30. The second-order valence-electron chi connectivity index (χ2n) is 5.56. The van der Waals surface area contributed by atoms with Crippen molar-refractivity contribution in [1.29, 1.82) is 0 Å². The molecule has 0 radical (unpaired) electrons. The van der Waals surface area contributed by atoms with Crippen LogP contribution in [-0.4, -0.2) is 47.7 Å². The van der Waals surface area contributed by atoms with E-state index in [1.54, 1.807) is 0 Å². The minimum absolute atomic E-state index is 0.394. The van der Waals surface area contributed by atoms with E-state index in [9.17, 15) is 9.90 Å². The maximum absolute atomic E-state index is 11.2. The number of carboxylic acid groups (broad SMARTS) is 1. The van der Waals surface area contributed by atoms with E-state index in [2.05, 4.69) is 17.3 Å². The Morgan fingerprint density at radius 2 is 1.94 bits per heavy atom. The van der Waals surface area contributed by atoms with Crippen LogP contribution in [0.15, 0.2) is 0 Å². The molecule has 1 unspecified atom stereocenters. The van der Waals surface area contributed by atoms with Crippen molar-refractivity contribution < 1.29 is 9.90 Å². The van der Waals surface area contributed by atoms with Crippen LogP contribution in [0.1, 0.15) is 44.9 Å². The van der Waals surface area contributed by atoms with Crippen LogP contribution in [0.5, 0.6) is 0 Å². The van der Waals surface area contributed by atoms with Gasteiger partial charge in [-0.05, 0) is 32.7 Å². The van der Waals surface area contributed by atoms with E-state index in [0.717, 1.165) is 12.8 Å². The van der Waals surface area contributed by atoms with Crippen LogP contribution in [0.25, 0.3) is 0 Å². The lowest BCUT2D eigenvalue weighted by Crippen LogP contribution is -2.48. The summed E-state index contributed by atoms with van der Waals surface area (Å²) in [5.74, 6) is -0.709. The highest BCUT2D eigenvalue weighted by Crippen LogP contribution is 2.23. The summed E-state index contributed by atoms with van der Waals surface area (Å²) in [4.78, 5) is 13.4. The van der Waals surface area contributed by atoms with Crippen LogP contribution < -0.4 is 5.32 Å². The molecule has 0 saturated heterocycles. The number of hydrogen-bond acceptors (Lipinski definition) is 3. The van der Waals surface area contributed by atoms with E-state index >= 15 is 0 Å². The zero-order valence-electron chi connectivity index (χ0n) is 10.7. The Labute approximate surface area is 103 Å². The number of rotatable bonds is 6. The molecule has 2 saturated carbocycles. The number of likely N-dealkylation sites (N-methyl/N-ethyl adjacent to an activating group) is 1. The fraction of sp³-hybridized carbons (Fsp3) is 0.923. The van der Waals surface area contributed by atoms with Crippen molar-refractivity contribution in [2.75, 3.05) is 13.6 Å². The molecule has 2 rings (SSSR count). The van der Waals surface area contributed by atoms with Gasteiger partial charge in [-0.2, -0.15) is 0 Å². The Balaban J connectivity index is 1.80. The van der Waals surface area contributed by atoms with E-state index in [-0.39, 0.29) is 0 Å². The van der Waals surface area contributed by atoms with Crippen LogP contribution in [0, 0.1) is 0 Å². The molecule has 0 bridgehead atoms. The largest absolute Gasteiger partial charge is 0.480 e. The van der Waals surface area contributed by atoms with Gasteiger partial charge in [0.2, 0.25) is 0 Å². The first kappa shape index (κ1) is 12.8. The molecule has 17 heavy (non-hydrogen) atoms. The van der Waals surface area contributed by atoms with Gasteiger partial charge in [-0.25, -0.2) is 0 Å². The molecule has 0 aliphatic heterocycles. The number of nitrogens with zero attached hydrogens (tertiary/aromatic N) is 1. The number of nitrogens with one attached hydrogen (secondary N) is 1. The van der Waals surface area contributed by atoms with E-state index in [4.69, 9.17) is 0 Å². The van der Waals surface area contributed by atoms with Crippen LogP contribution in [0.3, 0.4) is 0 Å². The van der Waals surface area contributed by atoms with Gasteiger partial charge in [0.25, 0.3) is 0 Å². The molecule has 0 aromatic heterocycles. The van der Waals surface area contributed by atoms with Crippen molar-refractivity contribution in [3.8, 4) is 0 Å². The van der Waals surface area contributed by atoms with Crippen molar-refractivity contribution >= 4 is 5.97 Å². The minimum Gasteiger partial charge on any atom is -0.480 e. The van der Waals surface area contributed by atoms with Gasteiger partial charge in [0, 0.05) is 18.6 Å². The standard InChI is InChI=1S/C13H24N2O2/c1-15(11-5-3-2-4-6-11)9-12(13(16)17)14-10-7-8-10/h10-12,14H,2-9H2,1H3,(H,16,17). The second kappa shape index (κ2) is 5.83. The normalized spacial score (nSPS) is 23.9. The van der Waals surface area contributed by atoms with Gasteiger partial charge in [0.15, 0.2) is 0 Å². The van der Waals surface area contributed by atoms with Crippen molar-refractivity contribution in [3.63, 3.8) is 0 Å². The van der Waals surface area contributed by atoms with Crippen molar-refractivity contribution in [3.05, 3.63) is 0 Å². The zero-order chi connectivity index (χ0) is 12.3. The number of carbonyl (C=O) groups is 1. The molecule has 2 aliphatic rings. The smallest absolute Gasteiger partial charge is 0.322 e. The van der Waals surface area contributed by atoms with Gasteiger partial charge in [-0.3, -0.25) is 4.79 Å². The topological polar surface area (TPSA) is 52.6 Å². The summed E-state index contributed by atoms with van der Waals surface area (Å²) in [6.45, 7) is 0.635. The van der Waals surface area contributed by atoms with Crippen LogP contribution in [-0.2, 0) is 4.79 Å². The van der Waals surface area contributed by atoms with Gasteiger partial charge < -0.3 is 15.3 Å². The summed E-state index contributed by atoms with van der Waals surface area (Å²) in [6, 6.07) is 0.650. The molecule has 0 amide bonds. The molecular weight excluding hydrogens is 216 g/mol. The summed E-state index contributed by atoms with van der Waals surface area (Å²) >= 11 is 0. The Morgan fingerprint density at radius 3 is 2.47 bits per heavy atom. The second-order valence-corrected chi connectivity index (χ2v) is 5.56. The summed E-state index contributed by atoms with van der Waals surface area (Å²) in [7, 11) is 2.07. The van der Waals surface area contributed by atoms with Gasteiger partial charge in [-0.15, -0.1) is 0 Å². The number of aliphatic carboxylic acids is 1. The molecule has 1 atom stereocenters. The van der Waals surface area contributed by atoms with Crippen LogP contribution in [0.2, 0.25) is 0 Å². The molecule has 4 nitrogen and oxygen atoms in total. The van der Waals surface area contributed by atoms with Gasteiger partial charge in [0.05, 0.1) is 0 Å². The zero-order valence-corrected chi connectivity index (χ0v) is 10.7. The lowest BCUT2D eigenvalue weighted by molar-refractivity contribution is -0.140. The van der Waals surface area contributed by atoms with E-state index in [0.29, 0.717) is 18.6 Å². The molecule has 0 aromatic carbocycles. The Kier molecular flexibility index (Phi) is 4.40. The van der Waals surface area contributed by atoms with Gasteiger partial charge >= 0.3 is 5.97 Å². The van der Waals surface area contributed by atoms with Crippen LogP contribution in [0.4, 0.5) is 0 Å². The minimum atomic E-state index is -0.709. The van der Waals surface area contributed by atoms with Crippen molar-refractivity contribution in [2.45, 2.75) is 63.1 Å². The fourth-order valence-electron chi connectivity index (χ4n) is 2.70. The Morgan fingerprint density at radius 1 is 1.29 bits per heavy atom. The molecule has 98 valence electrons. The molecular formula is C13H24N2O2. The summed E-state index contributed by atoms with van der Waals surface area (Å²) in [6.07, 6.45) is 8.66. The first-order valence-electron chi connectivity index (χ1n) is 6.86. The molecule has 0 aromatic rings. The molecule has 0 spiro atoms. The Hall–Kier alpha value is -0.610. The van der Waals surface area contributed by atoms with E-state index in [1.807, 2.05) is 0 Å². The molecule has 2 fully saturated rings. The van der Waals surface area contributed by atoms with E-state index < -0.39 is 12.0 Å². The Bertz CT molecular complexity index is 260. The highest BCUT2D eigenvalue weighted by molar-refractivity contribution is 5.73. The van der Waals surface area contributed by atoms with Crippen molar-refractivity contribution in [2.24, 2.45) is 0 Å².